The number of hydrogen-bond donors (Lipinski definition) is 1. The maximum atomic E-state index is 13.6. The summed E-state index contributed by atoms with van der Waals surface area (Å²) in [4.78, 5) is 12.3. The number of fused-ring (bicyclic) bond motifs is 4. The molecular formula is C22H23FN4O2. The highest BCUT2D eigenvalue weighted by Gasteiger charge is 2.22. The van der Waals surface area contributed by atoms with Gasteiger partial charge in [-0.15, -0.1) is 0 Å². The van der Waals surface area contributed by atoms with E-state index in [2.05, 4.69) is 27.0 Å². The normalized spacial score (nSPS) is 14.0. The largest absolute Gasteiger partial charge is 0.423 e. The summed E-state index contributed by atoms with van der Waals surface area (Å²) in [6.07, 6.45) is 0.896. The molecule has 3 heterocycles. The van der Waals surface area contributed by atoms with E-state index in [4.69, 9.17) is 9.15 Å². The second-order valence-electron chi connectivity index (χ2n) is 7.51. The number of anilines is 2. The zero-order chi connectivity index (χ0) is 20.0. The van der Waals surface area contributed by atoms with Crippen molar-refractivity contribution in [2.45, 2.75) is 13.0 Å². The van der Waals surface area contributed by atoms with E-state index >= 15 is 0 Å². The zero-order valence-electron chi connectivity index (χ0n) is 16.5. The Bertz CT molecular complexity index is 1180. The predicted octanol–water partition coefficient (Wildman–Crippen LogP) is 4.09. The number of aromatic nitrogens is 2. The topological polar surface area (TPSA) is 57.5 Å². The summed E-state index contributed by atoms with van der Waals surface area (Å²) < 4.78 is 24.6. The summed E-state index contributed by atoms with van der Waals surface area (Å²) in [5, 5.41) is 1.09. The van der Waals surface area contributed by atoms with E-state index in [1.54, 1.807) is 13.2 Å². The number of aromatic amines is 1. The van der Waals surface area contributed by atoms with Crippen molar-refractivity contribution in [1.82, 2.24) is 9.97 Å². The standard InChI is InChI=1S/C22H23FN4O2/c1-26(9-10-28-2)22-25-20-12-15(4-6-21(20)29-22)27-8-7-18-17(13-27)16-5-3-14(23)11-19(16)24-18/h3-6,11-12,24H,7-10,13H2,1-2H3. The van der Waals surface area contributed by atoms with Gasteiger partial charge in [0.25, 0.3) is 6.01 Å². The number of nitrogens with one attached hydrogen (secondary N) is 1. The number of hydrogen-bond acceptors (Lipinski definition) is 5. The smallest absolute Gasteiger partial charge is 0.298 e. The highest BCUT2D eigenvalue weighted by molar-refractivity contribution is 5.86. The van der Waals surface area contributed by atoms with Crippen molar-refractivity contribution >= 4 is 33.7 Å². The molecule has 0 spiro atoms. The van der Waals surface area contributed by atoms with Crippen LogP contribution < -0.4 is 9.80 Å². The molecule has 0 bridgehead atoms. The summed E-state index contributed by atoms with van der Waals surface area (Å²) in [7, 11) is 3.62. The van der Waals surface area contributed by atoms with E-state index in [-0.39, 0.29) is 5.82 Å². The van der Waals surface area contributed by atoms with Gasteiger partial charge in [-0.25, -0.2) is 4.39 Å². The van der Waals surface area contributed by atoms with Crippen molar-refractivity contribution in [2.24, 2.45) is 0 Å². The average molecular weight is 394 g/mol. The molecule has 0 amide bonds. The molecule has 0 atom stereocenters. The third-order valence-electron chi connectivity index (χ3n) is 5.62. The van der Waals surface area contributed by atoms with Crippen LogP contribution in [0.2, 0.25) is 0 Å². The minimum atomic E-state index is -0.212. The summed E-state index contributed by atoms with van der Waals surface area (Å²) in [6, 6.07) is 11.7. The van der Waals surface area contributed by atoms with E-state index in [1.165, 1.54) is 17.3 Å². The lowest BCUT2D eigenvalue weighted by Gasteiger charge is -2.29. The van der Waals surface area contributed by atoms with Gasteiger partial charge in [0, 0.05) is 68.1 Å². The monoisotopic (exact) mass is 394 g/mol. The van der Waals surface area contributed by atoms with Crippen LogP contribution in [0.3, 0.4) is 0 Å². The average Bonchev–Trinajstić information content (AvgIpc) is 3.31. The molecule has 0 aliphatic carbocycles. The molecule has 1 N–H and O–H groups in total. The van der Waals surface area contributed by atoms with E-state index in [9.17, 15) is 4.39 Å². The van der Waals surface area contributed by atoms with Crippen molar-refractivity contribution in [3.63, 3.8) is 0 Å². The molecule has 150 valence electrons. The van der Waals surface area contributed by atoms with Gasteiger partial charge in [-0.2, -0.15) is 4.98 Å². The number of ether oxygens (including phenoxy) is 1. The molecule has 0 fully saturated rings. The van der Waals surface area contributed by atoms with Crippen LogP contribution >= 0.6 is 0 Å². The second-order valence-corrected chi connectivity index (χ2v) is 7.51. The van der Waals surface area contributed by atoms with Crippen molar-refractivity contribution in [3.05, 3.63) is 53.5 Å². The fourth-order valence-electron chi connectivity index (χ4n) is 4.00. The zero-order valence-corrected chi connectivity index (χ0v) is 16.5. The van der Waals surface area contributed by atoms with Crippen LogP contribution in [0.4, 0.5) is 16.1 Å². The third-order valence-corrected chi connectivity index (χ3v) is 5.62. The van der Waals surface area contributed by atoms with Gasteiger partial charge in [0.2, 0.25) is 0 Å². The van der Waals surface area contributed by atoms with Crippen LogP contribution in [0, 0.1) is 5.82 Å². The summed E-state index contributed by atoms with van der Waals surface area (Å²) in [5.74, 6) is -0.212. The number of halogens is 1. The molecule has 5 rings (SSSR count). The lowest BCUT2D eigenvalue weighted by Crippen LogP contribution is -2.29. The molecule has 1 aliphatic heterocycles. The lowest BCUT2D eigenvalue weighted by atomic mass is 10.0. The van der Waals surface area contributed by atoms with E-state index in [0.29, 0.717) is 19.2 Å². The molecule has 0 saturated carbocycles. The first-order valence-corrected chi connectivity index (χ1v) is 9.77. The van der Waals surface area contributed by atoms with Crippen molar-refractivity contribution in [1.29, 1.82) is 0 Å². The van der Waals surface area contributed by atoms with E-state index in [0.717, 1.165) is 47.2 Å². The first-order chi connectivity index (χ1) is 14.1. The number of methoxy groups -OCH3 is 1. The maximum Gasteiger partial charge on any atom is 0.298 e. The maximum absolute atomic E-state index is 13.6. The van der Waals surface area contributed by atoms with E-state index < -0.39 is 0 Å². The molecule has 2 aromatic heterocycles. The van der Waals surface area contributed by atoms with Gasteiger partial charge in [0.05, 0.1) is 6.61 Å². The predicted molar refractivity (Wildman–Crippen MR) is 112 cm³/mol. The fraction of sp³-hybridized carbons (Fsp3) is 0.318. The molecule has 0 saturated heterocycles. The first kappa shape index (κ1) is 18.0. The van der Waals surface area contributed by atoms with Gasteiger partial charge in [0.15, 0.2) is 5.58 Å². The van der Waals surface area contributed by atoms with Crippen LogP contribution in [0.5, 0.6) is 0 Å². The number of rotatable bonds is 5. The van der Waals surface area contributed by atoms with Crippen molar-refractivity contribution in [2.75, 3.05) is 43.7 Å². The van der Waals surface area contributed by atoms with Gasteiger partial charge in [-0.1, -0.05) is 0 Å². The van der Waals surface area contributed by atoms with Gasteiger partial charge in [-0.05, 0) is 36.4 Å². The molecule has 0 unspecified atom stereocenters. The van der Waals surface area contributed by atoms with E-state index in [1.807, 2.05) is 24.1 Å². The van der Waals surface area contributed by atoms with Crippen LogP contribution in [0.25, 0.3) is 22.0 Å². The second kappa shape index (κ2) is 7.08. The molecule has 1 aliphatic rings. The molecule has 7 heteroatoms. The molecule has 4 aromatic rings. The van der Waals surface area contributed by atoms with Crippen molar-refractivity contribution < 1.29 is 13.5 Å². The van der Waals surface area contributed by atoms with Crippen LogP contribution in [0.15, 0.2) is 40.8 Å². The Hall–Kier alpha value is -3.06. The molecule has 2 aromatic carbocycles. The Morgan fingerprint density at radius 1 is 1.28 bits per heavy atom. The van der Waals surface area contributed by atoms with Gasteiger partial charge in [-0.3, -0.25) is 0 Å². The number of oxazole rings is 1. The fourth-order valence-corrected chi connectivity index (χ4v) is 4.00. The minimum Gasteiger partial charge on any atom is -0.423 e. The van der Waals surface area contributed by atoms with Crippen molar-refractivity contribution in [3.8, 4) is 0 Å². The Kier molecular flexibility index (Phi) is 4.39. The molecule has 0 radical (unpaired) electrons. The summed E-state index contributed by atoms with van der Waals surface area (Å²) in [6.45, 7) is 3.01. The van der Waals surface area contributed by atoms with Crippen LogP contribution in [-0.2, 0) is 17.7 Å². The Balaban J connectivity index is 1.43. The molecule has 6 nitrogen and oxygen atoms in total. The Morgan fingerprint density at radius 3 is 3.03 bits per heavy atom. The number of likely N-dealkylation sites (N-methyl/N-ethyl adjacent to an activating group) is 1. The van der Waals surface area contributed by atoms with Gasteiger partial charge < -0.3 is 23.9 Å². The first-order valence-electron chi connectivity index (χ1n) is 9.77. The van der Waals surface area contributed by atoms with Gasteiger partial charge >= 0.3 is 0 Å². The van der Waals surface area contributed by atoms with Crippen LogP contribution in [0.1, 0.15) is 11.3 Å². The van der Waals surface area contributed by atoms with Gasteiger partial charge in [0.1, 0.15) is 11.3 Å². The van der Waals surface area contributed by atoms with Crippen LogP contribution in [-0.4, -0.2) is 43.8 Å². The summed E-state index contributed by atoms with van der Waals surface area (Å²) >= 11 is 0. The quantitative estimate of drug-likeness (QED) is 0.552. The number of H-pyrrole nitrogens is 1. The third kappa shape index (κ3) is 3.21. The number of nitrogens with zero attached hydrogens (tertiary/aromatic N) is 3. The molecule has 29 heavy (non-hydrogen) atoms. The highest BCUT2D eigenvalue weighted by Crippen LogP contribution is 2.32. The number of benzene rings is 2. The molecular weight excluding hydrogens is 371 g/mol. The highest BCUT2D eigenvalue weighted by atomic mass is 19.1. The Labute approximate surface area is 167 Å². The minimum absolute atomic E-state index is 0.212. The SMILES string of the molecule is COCCN(C)c1nc2cc(N3CCc4[nH]c5cc(F)ccc5c4C3)ccc2o1. The summed E-state index contributed by atoms with van der Waals surface area (Å²) in [5.41, 5.74) is 6.03. The Morgan fingerprint density at radius 2 is 2.17 bits per heavy atom. The lowest BCUT2D eigenvalue weighted by molar-refractivity contribution is 0.205.